The fourth-order valence-corrected chi connectivity index (χ4v) is 2.06. The predicted molar refractivity (Wildman–Crippen MR) is 85.5 cm³/mol. The zero-order valence-electron chi connectivity index (χ0n) is 11.8. The van der Waals surface area contributed by atoms with E-state index in [0.29, 0.717) is 6.01 Å². The minimum atomic E-state index is 0.467. The highest BCUT2D eigenvalue weighted by molar-refractivity contribution is 5.62. The predicted octanol–water partition coefficient (Wildman–Crippen LogP) is 4.23. The second-order valence-electron chi connectivity index (χ2n) is 4.84. The molecular weight excluding hydrogens is 262 g/mol. The van der Waals surface area contributed by atoms with Gasteiger partial charge in [0.2, 0.25) is 0 Å². The van der Waals surface area contributed by atoms with Gasteiger partial charge in [0.25, 0.3) is 6.01 Å². The maximum Gasteiger partial charge on any atom is 0.299 e. The van der Waals surface area contributed by atoms with Gasteiger partial charge in [-0.3, -0.25) is 0 Å². The summed E-state index contributed by atoms with van der Waals surface area (Å²) in [6.07, 6.45) is 2.68. The molecule has 2 aromatic carbocycles. The fraction of sp³-hybridized carbons (Fsp3) is 0.118. The summed E-state index contributed by atoms with van der Waals surface area (Å²) in [4.78, 5) is 4.44. The van der Waals surface area contributed by atoms with E-state index in [2.05, 4.69) is 41.5 Å². The van der Waals surface area contributed by atoms with Crippen LogP contribution < -0.4 is 11.1 Å². The molecule has 3 N–H and O–H groups in total. The highest BCUT2D eigenvalue weighted by Gasteiger charge is 2.06. The molecule has 0 fully saturated rings. The van der Waals surface area contributed by atoms with Gasteiger partial charge in [0.1, 0.15) is 12.0 Å². The van der Waals surface area contributed by atoms with Crippen molar-refractivity contribution in [1.82, 2.24) is 4.98 Å². The first-order valence-electron chi connectivity index (χ1n) is 6.92. The highest BCUT2D eigenvalue weighted by Crippen LogP contribution is 2.23. The summed E-state index contributed by atoms with van der Waals surface area (Å²) >= 11 is 0. The summed E-state index contributed by atoms with van der Waals surface area (Å²) in [5.41, 5.74) is 10.4. The molecule has 0 amide bonds. The molecule has 0 saturated carbocycles. The Morgan fingerprint density at radius 1 is 1.05 bits per heavy atom. The van der Waals surface area contributed by atoms with Gasteiger partial charge in [0.15, 0.2) is 0 Å². The normalized spacial score (nSPS) is 10.5. The highest BCUT2D eigenvalue weighted by atomic mass is 16.4. The van der Waals surface area contributed by atoms with Crippen LogP contribution in [0.2, 0.25) is 0 Å². The van der Waals surface area contributed by atoms with E-state index in [1.165, 1.54) is 5.56 Å². The van der Waals surface area contributed by atoms with Crippen LogP contribution in [0, 0.1) is 0 Å². The molecule has 106 valence electrons. The molecule has 0 atom stereocenters. The quantitative estimate of drug-likeness (QED) is 0.701. The fourth-order valence-electron chi connectivity index (χ4n) is 2.06. The molecule has 0 unspecified atom stereocenters. The molecule has 0 aliphatic rings. The number of oxazole rings is 1. The van der Waals surface area contributed by atoms with E-state index in [-0.39, 0.29) is 0 Å². The number of aryl methyl sites for hydroxylation is 1. The van der Waals surface area contributed by atoms with Gasteiger partial charge in [-0.25, -0.2) is 0 Å². The average Bonchev–Trinajstić information content (AvgIpc) is 2.98. The zero-order chi connectivity index (χ0) is 14.7. The topological polar surface area (TPSA) is 64.1 Å². The SMILES string of the molecule is CCc1ccc(-c2coc(Nc3ccc(N)cc3)n2)cc1. The van der Waals surface area contributed by atoms with Crippen molar-refractivity contribution in [3.8, 4) is 11.3 Å². The molecule has 0 aliphatic carbocycles. The number of rotatable bonds is 4. The van der Waals surface area contributed by atoms with Crippen LogP contribution in [0.5, 0.6) is 0 Å². The summed E-state index contributed by atoms with van der Waals surface area (Å²) < 4.78 is 5.46. The lowest BCUT2D eigenvalue weighted by atomic mass is 10.1. The Morgan fingerprint density at radius 3 is 2.43 bits per heavy atom. The van der Waals surface area contributed by atoms with Gasteiger partial charge in [-0.2, -0.15) is 4.98 Å². The second kappa shape index (κ2) is 5.71. The molecule has 3 aromatic rings. The van der Waals surface area contributed by atoms with E-state index in [9.17, 15) is 0 Å². The van der Waals surface area contributed by atoms with Gasteiger partial charge in [0, 0.05) is 16.9 Å². The molecule has 0 saturated heterocycles. The van der Waals surface area contributed by atoms with Crippen molar-refractivity contribution < 1.29 is 4.42 Å². The van der Waals surface area contributed by atoms with Crippen LogP contribution in [0.25, 0.3) is 11.3 Å². The molecule has 0 aliphatic heterocycles. The third-order valence-electron chi connectivity index (χ3n) is 3.32. The largest absolute Gasteiger partial charge is 0.431 e. The van der Waals surface area contributed by atoms with Crippen LogP contribution in [0.15, 0.2) is 59.2 Å². The Kier molecular flexibility index (Phi) is 3.60. The van der Waals surface area contributed by atoms with E-state index in [4.69, 9.17) is 10.2 Å². The van der Waals surface area contributed by atoms with Gasteiger partial charge in [-0.05, 0) is 36.2 Å². The van der Waals surface area contributed by atoms with Gasteiger partial charge < -0.3 is 15.5 Å². The average molecular weight is 279 g/mol. The molecule has 4 heteroatoms. The summed E-state index contributed by atoms with van der Waals surface area (Å²) in [5, 5.41) is 3.11. The molecule has 0 spiro atoms. The lowest BCUT2D eigenvalue weighted by Gasteiger charge is -2.01. The number of hydrogen-bond donors (Lipinski definition) is 2. The molecule has 21 heavy (non-hydrogen) atoms. The number of hydrogen-bond acceptors (Lipinski definition) is 4. The Morgan fingerprint density at radius 2 is 1.76 bits per heavy atom. The van der Waals surface area contributed by atoms with Crippen molar-refractivity contribution in [3.63, 3.8) is 0 Å². The molecule has 4 nitrogen and oxygen atoms in total. The van der Waals surface area contributed by atoms with Crippen molar-refractivity contribution in [2.75, 3.05) is 11.1 Å². The molecule has 0 bridgehead atoms. The van der Waals surface area contributed by atoms with E-state index in [1.54, 1.807) is 6.26 Å². The first kappa shape index (κ1) is 13.2. The lowest BCUT2D eigenvalue weighted by Crippen LogP contribution is -1.91. The second-order valence-corrected chi connectivity index (χ2v) is 4.84. The molecule has 1 heterocycles. The van der Waals surface area contributed by atoms with E-state index in [0.717, 1.165) is 29.1 Å². The molecule has 3 rings (SSSR count). The first-order chi connectivity index (χ1) is 10.2. The van der Waals surface area contributed by atoms with Crippen LogP contribution in [0.1, 0.15) is 12.5 Å². The van der Waals surface area contributed by atoms with Gasteiger partial charge >= 0.3 is 0 Å². The van der Waals surface area contributed by atoms with Gasteiger partial charge in [0.05, 0.1) is 0 Å². The molecule has 1 aromatic heterocycles. The Balaban J connectivity index is 1.77. The number of benzene rings is 2. The standard InChI is InChI=1S/C17H17N3O/c1-2-12-3-5-13(6-4-12)16-11-21-17(20-16)19-15-9-7-14(18)8-10-15/h3-11H,2,18H2,1H3,(H,19,20). The van der Waals surface area contributed by atoms with Crippen LogP contribution in [-0.4, -0.2) is 4.98 Å². The monoisotopic (exact) mass is 279 g/mol. The molecule has 0 radical (unpaired) electrons. The van der Waals surface area contributed by atoms with Crippen LogP contribution in [0.4, 0.5) is 17.4 Å². The lowest BCUT2D eigenvalue weighted by molar-refractivity contribution is 0.578. The number of nitrogen functional groups attached to an aromatic ring is 1. The van der Waals surface area contributed by atoms with Gasteiger partial charge in [-0.15, -0.1) is 0 Å². The maximum absolute atomic E-state index is 5.66. The Bertz CT molecular complexity index is 715. The summed E-state index contributed by atoms with van der Waals surface area (Å²) in [6, 6.07) is 16.2. The third kappa shape index (κ3) is 3.05. The van der Waals surface area contributed by atoms with Crippen molar-refractivity contribution in [3.05, 3.63) is 60.4 Å². The van der Waals surface area contributed by atoms with Crippen molar-refractivity contribution in [1.29, 1.82) is 0 Å². The number of aromatic nitrogens is 1. The van der Waals surface area contributed by atoms with Crippen molar-refractivity contribution in [2.24, 2.45) is 0 Å². The third-order valence-corrected chi connectivity index (χ3v) is 3.32. The molecular formula is C17H17N3O. The van der Waals surface area contributed by atoms with Crippen LogP contribution in [-0.2, 0) is 6.42 Å². The Labute approximate surface area is 123 Å². The first-order valence-corrected chi connectivity index (χ1v) is 6.92. The smallest absolute Gasteiger partial charge is 0.299 e. The number of nitrogens with two attached hydrogens (primary N) is 1. The van der Waals surface area contributed by atoms with E-state index in [1.807, 2.05) is 24.3 Å². The summed E-state index contributed by atoms with van der Waals surface area (Å²) in [7, 11) is 0. The van der Waals surface area contributed by atoms with Crippen molar-refractivity contribution >= 4 is 17.4 Å². The van der Waals surface area contributed by atoms with E-state index >= 15 is 0 Å². The minimum absolute atomic E-state index is 0.467. The zero-order valence-corrected chi connectivity index (χ0v) is 11.8. The Hall–Kier alpha value is -2.75. The maximum atomic E-state index is 5.66. The van der Waals surface area contributed by atoms with E-state index < -0.39 is 0 Å². The number of anilines is 3. The summed E-state index contributed by atoms with van der Waals surface area (Å²) in [5.74, 6) is 0. The number of nitrogens with one attached hydrogen (secondary N) is 1. The number of nitrogens with zero attached hydrogens (tertiary/aromatic N) is 1. The van der Waals surface area contributed by atoms with Gasteiger partial charge in [-0.1, -0.05) is 31.2 Å². The minimum Gasteiger partial charge on any atom is -0.431 e. The van der Waals surface area contributed by atoms with Crippen LogP contribution in [0.3, 0.4) is 0 Å². The van der Waals surface area contributed by atoms with Crippen LogP contribution >= 0.6 is 0 Å². The van der Waals surface area contributed by atoms with Crippen molar-refractivity contribution in [2.45, 2.75) is 13.3 Å². The summed E-state index contributed by atoms with van der Waals surface area (Å²) in [6.45, 7) is 2.14.